The van der Waals surface area contributed by atoms with Gasteiger partial charge in [-0.15, -0.1) is 0 Å². The Bertz CT molecular complexity index is 405. The molecule has 3 N–H and O–H groups in total. The largest absolute Gasteiger partial charge is 0.336 e. The molecule has 80 valence electrons. The van der Waals surface area contributed by atoms with Crippen LogP contribution in [0, 0.1) is 6.92 Å². The highest BCUT2D eigenvalue weighted by Crippen LogP contribution is 2.25. The molecule has 0 spiro atoms. The second kappa shape index (κ2) is 4.14. The van der Waals surface area contributed by atoms with E-state index < -0.39 is 0 Å². The van der Waals surface area contributed by atoms with Gasteiger partial charge in [-0.2, -0.15) is 11.3 Å². The number of hydrazine groups is 1. The van der Waals surface area contributed by atoms with Crippen LogP contribution < -0.4 is 11.3 Å². The summed E-state index contributed by atoms with van der Waals surface area (Å²) in [5, 5.41) is 4.22. The Labute approximate surface area is 92.7 Å². The molecule has 0 aliphatic carbocycles. The minimum Gasteiger partial charge on any atom is -0.336 e. The topological polar surface area (TPSA) is 55.9 Å². The van der Waals surface area contributed by atoms with Gasteiger partial charge in [0.25, 0.3) is 0 Å². The number of hydrogen-bond acceptors (Lipinski definition) is 4. The minimum absolute atomic E-state index is 0.0313. The highest BCUT2D eigenvalue weighted by atomic mass is 32.1. The molecule has 4 nitrogen and oxygen atoms in total. The van der Waals surface area contributed by atoms with Crippen molar-refractivity contribution in [2.75, 3.05) is 0 Å². The normalized spacial score (nSPS) is 13.0. The molecule has 5 heteroatoms. The molecule has 2 aromatic rings. The quantitative estimate of drug-likeness (QED) is 0.608. The van der Waals surface area contributed by atoms with Crippen molar-refractivity contribution in [2.24, 2.45) is 12.9 Å². The van der Waals surface area contributed by atoms with Crippen molar-refractivity contribution in [3.63, 3.8) is 0 Å². The molecule has 0 radical (unpaired) electrons. The molecule has 0 bridgehead atoms. The van der Waals surface area contributed by atoms with Crippen LogP contribution in [0.3, 0.4) is 0 Å². The van der Waals surface area contributed by atoms with E-state index in [9.17, 15) is 0 Å². The first kappa shape index (κ1) is 10.4. The Morgan fingerprint density at radius 1 is 1.53 bits per heavy atom. The predicted octanol–water partition coefficient (Wildman–Crippen LogP) is 1.34. The van der Waals surface area contributed by atoms with Crippen molar-refractivity contribution in [3.05, 3.63) is 40.1 Å². The molecule has 0 aliphatic rings. The van der Waals surface area contributed by atoms with E-state index in [1.165, 1.54) is 11.1 Å². The third kappa shape index (κ3) is 1.81. The van der Waals surface area contributed by atoms with Gasteiger partial charge in [0.05, 0.1) is 0 Å². The number of aromatic nitrogens is 2. The zero-order valence-corrected chi connectivity index (χ0v) is 9.58. The summed E-state index contributed by atoms with van der Waals surface area (Å²) in [6.07, 6.45) is 3.70. The number of aryl methyl sites for hydroxylation is 2. The summed E-state index contributed by atoms with van der Waals surface area (Å²) >= 11 is 1.68. The Kier molecular flexibility index (Phi) is 2.86. The van der Waals surface area contributed by atoms with Gasteiger partial charge in [0.15, 0.2) is 0 Å². The van der Waals surface area contributed by atoms with Gasteiger partial charge in [-0.1, -0.05) is 0 Å². The van der Waals surface area contributed by atoms with E-state index in [1.807, 2.05) is 17.8 Å². The average Bonchev–Trinajstić information content (AvgIpc) is 2.80. The fraction of sp³-hybridized carbons (Fsp3) is 0.300. The molecule has 0 saturated carbocycles. The van der Waals surface area contributed by atoms with E-state index in [2.05, 4.69) is 28.1 Å². The van der Waals surface area contributed by atoms with Crippen LogP contribution in [0.15, 0.2) is 23.2 Å². The molecule has 0 fully saturated rings. The van der Waals surface area contributed by atoms with E-state index in [0.29, 0.717) is 0 Å². The van der Waals surface area contributed by atoms with E-state index in [-0.39, 0.29) is 6.04 Å². The van der Waals surface area contributed by atoms with Gasteiger partial charge in [-0.3, -0.25) is 5.84 Å². The lowest BCUT2D eigenvalue weighted by atomic mass is 10.1. The first-order valence-corrected chi connectivity index (χ1v) is 5.64. The van der Waals surface area contributed by atoms with Crippen LogP contribution in [0.25, 0.3) is 0 Å². The fourth-order valence-corrected chi connectivity index (χ4v) is 2.50. The summed E-state index contributed by atoms with van der Waals surface area (Å²) in [6, 6.07) is -0.0313. The first-order chi connectivity index (χ1) is 7.24. The van der Waals surface area contributed by atoms with Crippen molar-refractivity contribution in [1.29, 1.82) is 0 Å². The summed E-state index contributed by atoms with van der Waals surface area (Å²) in [5.74, 6) is 6.52. The highest BCUT2D eigenvalue weighted by molar-refractivity contribution is 7.08. The van der Waals surface area contributed by atoms with Gasteiger partial charge in [-0.05, 0) is 28.8 Å². The molecule has 0 saturated heterocycles. The molecule has 0 aromatic carbocycles. The van der Waals surface area contributed by atoms with Gasteiger partial charge < -0.3 is 4.57 Å². The van der Waals surface area contributed by atoms with Crippen molar-refractivity contribution in [3.8, 4) is 0 Å². The Balaban J connectivity index is 2.41. The lowest BCUT2D eigenvalue weighted by Gasteiger charge is -2.15. The zero-order chi connectivity index (χ0) is 10.8. The summed E-state index contributed by atoms with van der Waals surface area (Å²) in [4.78, 5) is 4.31. The maximum Gasteiger partial charge on any atom is 0.131 e. The molecule has 2 aromatic heterocycles. The number of nitrogens with one attached hydrogen (secondary N) is 1. The van der Waals surface area contributed by atoms with E-state index in [0.717, 1.165) is 5.82 Å². The molecular formula is C10H14N4S. The molecule has 2 heterocycles. The van der Waals surface area contributed by atoms with Crippen LogP contribution in [0.5, 0.6) is 0 Å². The Hall–Kier alpha value is -1.17. The number of rotatable bonds is 3. The lowest BCUT2D eigenvalue weighted by Crippen LogP contribution is -2.30. The molecule has 0 amide bonds. The van der Waals surface area contributed by atoms with Gasteiger partial charge in [0, 0.05) is 19.4 Å². The van der Waals surface area contributed by atoms with E-state index in [1.54, 1.807) is 17.5 Å². The van der Waals surface area contributed by atoms with Gasteiger partial charge >= 0.3 is 0 Å². The molecule has 2 rings (SSSR count). The maximum atomic E-state index is 5.59. The van der Waals surface area contributed by atoms with Crippen LogP contribution >= 0.6 is 11.3 Å². The van der Waals surface area contributed by atoms with Crippen LogP contribution in [0.2, 0.25) is 0 Å². The number of imidazole rings is 1. The molecular weight excluding hydrogens is 208 g/mol. The minimum atomic E-state index is -0.0313. The second-order valence-corrected chi connectivity index (χ2v) is 4.25. The van der Waals surface area contributed by atoms with E-state index >= 15 is 0 Å². The summed E-state index contributed by atoms with van der Waals surface area (Å²) < 4.78 is 1.97. The second-order valence-electron chi connectivity index (χ2n) is 3.51. The average molecular weight is 222 g/mol. The standard InChI is InChI=1S/C10H14N4S/c1-7-5-15-6-8(7)9(13-11)10-12-3-4-14(10)2/h3-6,9,13H,11H2,1-2H3. The number of nitrogens with zero attached hydrogens (tertiary/aromatic N) is 2. The SMILES string of the molecule is Cc1cscc1C(NN)c1nccn1C. The molecule has 1 unspecified atom stereocenters. The van der Waals surface area contributed by atoms with Gasteiger partial charge in [0.1, 0.15) is 11.9 Å². The number of hydrogen-bond donors (Lipinski definition) is 2. The fourth-order valence-electron chi connectivity index (χ4n) is 1.62. The zero-order valence-electron chi connectivity index (χ0n) is 8.77. The van der Waals surface area contributed by atoms with Gasteiger partial charge in [-0.25, -0.2) is 10.4 Å². The van der Waals surface area contributed by atoms with Gasteiger partial charge in [0.2, 0.25) is 0 Å². The molecule has 1 atom stereocenters. The van der Waals surface area contributed by atoms with E-state index in [4.69, 9.17) is 5.84 Å². The van der Waals surface area contributed by atoms with Crippen molar-refractivity contribution in [2.45, 2.75) is 13.0 Å². The monoisotopic (exact) mass is 222 g/mol. The third-order valence-electron chi connectivity index (χ3n) is 2.49. The van der Waals surface area contributed by atoms with Crippen molar-refractivity contribution >= 4 is 11.3 Å². The van der Waals surface area contributed by atoms with Crippen molar-refractivity contribution < 1.29 is 0 Å². The van der Waals surface area contributed by atoms with Crippen LogP contribution in [-0.4, -0.2) is 9.55 Å². The number of thiophene rings is 1. The lowest BCUT2D eigenvalue weighted by molar-refractivity contribution is 0.579. The maximum absolute atomic E-state index is 5.59. The smallest absolute Gasteiger partial charge is 0.131 e. The van der Waals surface area contributed by atoms with Crippen LogP contribution in [0.1, 0.15) is 23.0 Å². The number of nitrogens with two attached hydrogens (primary N) is 1. The summed E-state index contributed by atoms with van der Waals surface area (Å²) in [5.41, 5.74) is 5.24. The van der Waals surface area contributed by atoms with Crippen molar-refractivity contribution in [1.82, 2.24) is 15.0 Å². The molecule has 15 heavy (non-hydrogen) atoms. The van der Waals surface area contributed by atoms with Crippen LogP contribution in [0.4, 0.5) is 0 Å². The Morgan fingerprint density at radius 2 is 2.33 bits per heavy atom. The van der Waals surface area contributed by atoms with Crippen LogP contribution in [-0.2, 0) is 7.05 Å². The third-order valence-corrected chi connectivity index (χ3v) is 3.37. The molecule has 0 aliphatic heterocycles. The summed E-state index contributed by atoms with van der Waals surface area (Å²) in [6.45, 7) is 2.08. The first-order valence-electron chi connectivity index (χ1n) is 4.70. The highest BCUT2D eigenvalue weighted by Gasteiger charge is 2.18. The predicted molar refractivity (Wildman–Crippen MR) is 61.4 cm³/mol. The Morgan fingerprint density at radius 3 is 2.80 bits per heavy atom. The summed E-state index contributed by atoms with van der Waals surface area (Å²) in [7, 11) is 1.97.